The molecule has 1 N–H and O–H groups in total. The molecule has 1 aromatic heterocycles. The maximum absolute atomic E-state index is 12.9. The zero-order valence-corrected chi connectivity index (χ0v) is 15.6. The summed E-state index contributed by atoms with van der Waals surface area (Å²) in [7, 11) is 0. The summed E-state index contributed by atoms with van der Waals surface area (Å²) in [6.45, 7) is 4.49. The summed E-state index contributed by atoms with van der Waals surface area (Å²) < 4.78 is 10.5. The van der Waals surface area contributed by atoms with Crippen LogP contribution in [-0.4, -0.2) is 22.8 Å². The van der Waals surface area contributed by atoms with Crippen LogP contribution in [0.4, 0.5) is 5.82 Å². The van der Waals surface area contributed by atoms with E-state index in [-0.39, 0.29) is 11.7 Å². The first kappa shape index (κ1) is 17.7. The van der Waals surface area contributed by atoms with Gasteiger partial charge in [0.05, 0.1) is 6.61 Å². The molecule has 0 fully saturated rings. The number of nitrogens with one attached hydrogen (secondary N) is 1. The van der Waals surface area contributed by atoms with E-state index in [1.807, 2.05) is 68.4 Å². The Morgan fingerprint density at radius 1 is 1.07 bits per heavy atom. The van der Waals surface area contributed by atoms with Crippen LogP contribution in [0.3, 0.4) is 0 Å². The Balaban J connectivity index is 1.65. The van der Waals surface area contributed by atoms with E-state index in [2.05, 4.69) is 15.6 Å². The zero-order chi connectivity index (χ0) is 19.5. The molecule has 6 nitrogen and oxygen atoms in total. The number of benzene rings is 3. The Labute approximate surface area is 162 Å². The van der Waals surface area contributed by atoms with Crippen molar-refractivity contribution in [3.63, 3.8) is 0 Å². The van der Waals surface area contributed by atoms with Crippen molar-refractivity contribution in [1.29, 1.82) is 0 Å². The Morgan fingerprint density at radius 3 is 2.71 bits per heavy atom. The summed E-state index contributed by atoms with van der Waals surface area (Å²) in [5, 5.41) is 12.5. The number of aromatic nitrogens is 2. The highest BCUT2D eigenvalue weighted by Crippen LogP contribution is 2.29. The van der Waals surface area contributed by atoms with Gasteiger partial charge in [0.25, 0.3) is 5.91 Å². The number of fused-ring (bicyclic) bond motifs is 1. The van der Waals surface area contributed by atoms with Gasteiger partial charge in [0.1, 0.15) is 5.75 Å². The van der Waals surface area contributed by atoms with Gasteiger partial charge >= 0.3 is 0 Å². The van der Waals surface area contributed by atoms with Gasteiger partial charge in [-0.05, 0) is 64.8 Å². The highest BCUT2D eigenvalue weighted by atomic mass is 16.6. The van der Waals surface area contributed by atoms with E-state index in [4.69, 9.17) is 9.37 Å². The van der Waals surface area contributed by atoms with E-state index >= 15 is 0 Å². The number of rotatable bonds is 5. The molecule has 3 aromatic carbocycles. The van der Waals surface area contributed by atoms with Gasteiger partial charge < -0.3 is 10.1 Å². The Hall–Kier alpha value is -3.67. The summed E-state index contributed by atoms with van der Waals surface area (Å²) in [5.74, 6) is 0.821. The van der Waals surface area contributed by atoms with Crippen LogP contribution in [0, 0.1) is 6.92 Å². The largest absolute Gasteiger partial charge is 0.494 e. The number of amides is 1. The number of hydrogen-bond acceptors (Lipinski definition) is 5. The molecule has 28 heavy (non-hydrogen) atoms. The molecular formula is C22H19N3O3. The van der Waals surface area contributed by atoms with Gasteiger partial charge in [0.2, 0.25) is 5.82 Å². The Bertz CT molecular complexity index is 1150. The molecule has 140 valence electrons. The Kier molecular flexibility index (Phi) is 4.76. The van der Waals surface area contributed by atoms with Gasteiger partial charge in [0.15, 0.2) is 5.69 Å². The first-order valence-corrected chi connectivity index (χ1v) is 9.03. The molecule has 0 aliphatic rings. The quantitative estimate of drug-likeness (QED) is 0.541. The van der Waals surface area contributed by atoms with Crippen molar-refractivity contribution in [3.05, 3.63) is 71.8 Å². The van der Waals surface area contributed by atoms with Crippen molar-refractivity contribution in [3.8, 4) is 17.0 Å². The van der Waals surface area contributed by atoms with E-state index < -0.39 is 0 Å². The van der Waals surface area contributed by atoms with Crippen LogP contribution >= 0.6 is 0 Å². The van der Waals surface area contributed by atoms with Crippen LogP contribution in [0.15, 0.2) is 65.3 Å². The molecule has 1 amide bonds. The topological polar surface area (TPSA) is 77.2 Å². The number of aryl methyl sites for hydroxylation is 1. The zero-order valence-electron chi connectivity index (χ0n) is 15.6. The van der Waals surface area contributed by atoms with Crippen LogP contribution in [0.25, 0.3) is 22.0 Å². The maximum Gasteiger partial charge on any atom is 0.257 e. The van der Waals surface area contributed by atoms with Crippen LogP contribution in [0.1, 0.15) is 22.8 Å². The molecule has 0 atom stereocenters. The predicted octanol–water partition coefficient (Wildman–Crippen LogP) is 4.85. The van der Waals surface area contributed by atoms with Gasteiger partial charge in [-0.1, -0.05) is 36.4 Å². The third-order valence-electron chi connectivity index (χ3n) is 4.50. The monoisotopic (exact) mass is 373 g/mol. The smallest absolute Gasteiger partial charge is 0.257 e. The van der Waals surface area contributed by atoms with Crippen molar-refractivity contribution < 1.29 is 14.2 Å². The fourth-order valence-corrected chi connectivity index (χ4v) is 3.17. The summed E-state index contributed by atoms with van der Waals surface area (Å²) in [6, 6.07) is 19.0. The number of hydrogen-bond donors (Lipinski definition) is 1. The van der Waals surface area contributed by atoms with E-state index in [1.165, 1.54) is 0 Å². The number of ether oxygens (including phenoxy) is 1. The molecule has 0 saturated carbocycles. The van der Waals surface area contributed by atoms with Crippen molar-refractivity contribution >= 4 is 22.5 Å². The number of carbonyl (C=O) groups excluding carboxylic acids is 1. The lowest BCUT2D eigenvalue weighted by molar-refractivity contribution is 0.102. The molecular weight excluding hydrogens is 354 g/mol. The van der Waals surface area contributed by atoms with E-state index in [0.29, 0.717) is 17.9 Å². The van der Waals surface area contributed by atoms with Gasteiger partial charge in [-0.15, -0.1) is 0 Å². The van der Waals surface area contributed by atoms with E-state index in [1.54, 1.807) is 6.07 Å². The highest BCUT2D eigenvalue weighted by Gasteiger charge is 2.18. The van der Waals surface area contributed by atoms with Crippen molar-refractivity contribution in [2.75, 3.05) is 11.9 Å². The minimum atomic E-state index is -0.267. The third kappa shape index (κ3) is 3.32. The average Bonchev–Trinajstić information content (AvgIpc) is 3.17. The molecule has 4 rings (SSSR count). The molecule has 0 aliphatic heterocycles. The minimum Gasteiger partial charge on any atom is -0.494 e. The molecule has 1 heterocycles. The predicted molar refractivity (Wildman–Crippen MR) is 108 cm³/mol. The molecule has 0 bridgehead atoms. The minimum absolute atomic E-state index is 0.267. The van der Waals surface area contributed by atoms with E-state index in [0.717, 1.165) is 27.6 Å². The van der Waals surface area contributed by atoms with Crippen LogP contribution in [-0.2, 0) is 0 Å². The van der Waals surface area contributed by atoms with E-state index in [9.17, 15) is 4.79 Å². The first-order valence-electron chi connectivity index (χ1n) is 9.03. The molecule has 0 spiro atoms. The average molecular weight is 373 g/mol. The highest BCUT2D eigenvalue weighted by molar-refractivity contribution is 6.13. The summed E-state index contributed by atoms with van der Waals surface area (Å²) in [6.07, 6.45) is 0. The number of anilines is 1. The van der Waals surface area contributed by atoms with Crippen LogP contribution in [0.2, 0.25) is 0 Å². The van der Waals surface area contributed by atoms with Crippen molar-refractivity contribution in [1.82, 2.24) is 10.3 Å². The molecule has 0 radical (unpaired) electrons. The van der Waals surface area contributed by atoms with Gasteiger partial charge in [-0.2, -0.15) is 0 Å². The second-order valence-corrected chi connectivity index (χ2v) is 6.36. The van der Waals surface area contributed by atoms with Crippen LogP contribution < -0.4 is 10.1 Å². The number of nitrogens with zero attached hydrogens (tertiary/aromatic N) is 2. The fraction of sp³-hybridized carbons (Fsp3) is 0.136. The molecule has 0 aliphatic carbocycles. The molecule has 0 unspecified atom stereocenters. The molecule has 4 aromatic rings. The second kappa shape index (κ2) is 7.52. The summed E-state index contributed by atoms with van der Waals surface area (Å²) >= 11 is 0. The lowest BCUT2D eigenvalue weighted by Gasteiger charge is -2.09. The second-order valence-electron chi connectivity index (χ2n) is 6.36. The first-order chi connectivity index (χ1) is 13.7. The van der Waals surface area contributed by atoms with Crippen LogP contribution in [0.5, 0.6) is 5.75 Å². The SMILES string of the molecule is CCOc1ccc(-c2nonc2NC(=O)c2cccc3ccccc23)cc1C. The van der Waals surface area contributed by atoms with Gasteiger partial charge in [-0.3, -0.25) is 4.79 Å². The van der Waals surface area contributed by atoms with Gasteiger partial charge in [0, 0.05) is 11.1 Å². The number of carbonyl (C=O) groups is 1. The maximum atomic E-state index is 12.9. The van der Waals surface area contributed by atoms with Crippen molar-refractivity contribution in [2.24, 2.45) is 0 Å². The fourth-order valence-electron chi connectivity index (χ4n) is 3.17. The molecule has 0 saturated heterocycles. The van der Waals surface area contributed by atoms with Gasteiger partial charge in [-0.25, -0.2) is 4.63 Å². The standard InChI is InChI=1S/C22H19N3O3/c1-3-27-19-12-11-16(13-14(19)2)20-21(25-28-24-20)23-22(26)18-10-6-8-15-7-4-5-9-17(15)18/h4-13H,3H2,1-2H3,(H,23,25,26). The third-order valence-corrected chi connectivity index (χ3v) is 4.50. The normalized spacial score (nSPS) is 10.8. The van der Waals surface area contributed by atoms with Crippen molar-refractivity contribution in [2.45, 2.75) is 13.8 Å². The summed E-state index contributed by atoms with van der Waals surface area (Å²) in [4.78, 5) is 12.9. The Morgan fingerprint density at radius 2 is 1.89 bits per heavy atom. The summed E-state index contributed by atoms with van der Waals surface area (Å²) in [5.41, 5.74) is 2.79. The molecule has 6 heteroatoms. The lowest BCUT2D eigenvalue weighted by atomic mass is 10.0. The lowest BCUT2D eigenvalue weighted by Crippen LogP contribution is -2.13.